The van der Waals surface area contributed by atoms with Crippen LogP contribution in [0.1, 0.15) is 11.1 Å². The predicted molar refractivity (Wildman–Crippen MR) is 79.9 cm³/mol. The summed E-state index contributed by atoms with van der Waals surface area (Å²) in [6.07, 6.45) is 0. The third-order valence-corrected chi connectivity index (χ3v) is 3.16. The number of carbonyl (C=O) groups excluding carboxylic acids is 1. The van der Waals surface area contributed by atoms with Crippen molar-refractivity contribution >= 4 is 17.5 Å². The Morgan fingerprint density at radius 2 is 1.95 bits per heavy atom. The van der Waals surface area contributed by atoms with E-state index in [4.69, 9.17) is 16.3 Å². The summed E-state index contributed by atoms with van der Waals surface area (Å²) in [6.45, 7) is 2.12. The fraction of sp³-hybridized carbons (Fsp3) is 0.188. The Balaban J connectivity index is 1.82. The molecule has 21 heavy (non-hydrogen) atoms. The maximum Gasteiger partial charge on any atom is 0.258 e. The molecule has 0 aliphatic carbocycles. The first-order chi connectivity index (χ1) is 10.0. The van der Waals surface area contributed by atoms with Crippen molar-refractivity contribution in [3.63, 3.8) is 0 Å². The van der Waals surface area contributed by atoms with Crippen molar-refractivity contribution in [3.8, 4) is 5.75 Å². The molecule has 2 aromatic carbocycles. The quantitative estimate of drug-likeness (QED) is 0.918. The van der Waals surface area contributed by atoms with Gasteiger partial charge in [-0.15, -0.1) is 0 Å². The van der Waals surface area contributed by atoms with Crippen molar-refractivity contribution in [3.05, 3.63) is 64.4 Å². The van der Waals surface area contributed by atoms with Gasteiger partial charge in [0.15, 0.2) is 6.61 Å². The van der Waals surface area contributed by atoms with Gasteiger partial charge in [-0.2, -0.15) is 0 Å². The van der Waals surface area contributed by atoms with E-state index in [1.54, 1.807) is 24.3 Å². The second-order valence-corrected chi connectivity index (χ2v) is 5.03. The van der Waals surface area contributed by atoms with Crippen LogP contribution in [0.2, 0.25) is 5.02 Å². The molecule has 0 aromatic heterocycles. The van der Waals surface area contributed by atoms with E-state index in [-0.39, 0.29) is 18.3 Å². The molecule has 0 spiro atoms. The summed E-state index contributed by atoms with van der Waals surface area (Å²) in [7, 11) is 0. The van der Waals surface area contributed by atoms with E-state index in [2.05, 4.69) is 5.32 Å². The van der Waals surface area contributed by atoms with Gasteiger partial charge in [-0.05, 0) is 42.3 Å². The van der Waals surface area contributed by atoms with Crippen LogP contribution in [0.15, 0.2) is 42.5 Å². The van der Waals surface area contributed by atoms with Crippen LogP contribution in [0.25, 0.3) is 0 Å². The fourth-order valence-electron chi connectivity index (χ4n) is 1.72. The average molecular weight is 308 g/mol. The summed E-state index contributed by atoms with van der Waals surface area (Å²) in [5.41, 5.74) is 1.82. The third kappa shape index (κ3) is 4.76. The lowest BCUT2D eigenvalue weighted by Crippen LogP contribution is -2.28. The number of aryl methyl sites for hydroxylation is 1. The number of rotatable bonds is 5. The first-order valence-electron chi connectivity index (χ1n) is 6.44. The molecule has 1 N–H and O–H groups in total. The molecule has 0 fully saturated rings. The Morgan fingerprint density at radius 3 is 2.67 bits per heavy atom. The predicted octanol–water partition coefficient (Wildman–Crippen LogP) is 3.48. The van der Waals surface area contributed by atoms with Crippen LogP contribution in [0.5, 0.6) is 5.75 Å². The number of benzene rings is 2. The zero-order valence-electron chi connectivity index (χ0n) is 11.5. The van der Waals surface area contributed by atoms with Crippen LogP contribution < -0.4 is 10.1 Å². The Bertz CT molecular complexity index is 629. The van der Waals surface area contributed by atoms with E-state index in [1.807, 2.05) is 13.0 Å². The first-order valence-corrected chi connectivity index (χ1v) is 6.82. The highest BCUT2D eigenvalue weighted by Crippen LogP contribution is 2.24. The molecular weight excluding hydrogens is 293 g/mol. The zero-order chi connectivity index (χ0) is 15.2. The number of halogens is 2. The van der Waals surface area contributed by atoms with Gasteiger partial charge < -0.3 is 10.1 Å². The normalized spacial score (nSPS) is 10.2. The minimum Gasteiger partial charge on any atom is -0.482 e. The van der Waals surface area contributed by atoms with Crippen LogP contribution in [0, 0.1) is 12.7 Å². The lowest BCUT2D eigenvalue weighted by Gasteiger charge is -2.09. The molecule has 2 rings (SSSR count). The Hall–Kier alpha value is -2.07. The van der Waals surface area contributed by atoms with Gasteiger partial charge in [-0.25, -0.2) is 4.39 Å². The maximum atomic E-state index is 12.7. The number of hydrogen-bond donors (Lipinski definition) is 1. The topological polar surface area (TPSA) is 38.3 Å². The monoisotopic (exact) mass is 307 g/mol. The summed E-state index contributed by atoms with van der Waals surface area (Å²) >= 11 is 5.98. The largest absolute Gasteiger partial charge is 0.482 e. The summed E-state index contributed by atoms with van der Waals surface area (Å²) in [5, 5.41) is 3.16. The number of ether oxygens (including phenoxy) is 1. The van der Waals surface area contributed by atoms with Gasteiger partial charge in [-0.3, -0.25) is 4.79 Å². The first kappa shape index (κ1) is 15.3. The number of hydrogen-bond acceptors (Lipinski definition) is 2. The summed E-state index contributed by atoms with van der Waals surface area (Å²) in [4.78, 5) is 11.7. The van der Waals surface area contributed by atoms with Gasteiger partial charge in [-0.1, -0.05) is 29.8 Å². The summed E-state index contributed by atoms with van der Waals surface area (Å²) < 4.78 is 18.1. The van der Waals surface area contributed by atoms with E-state index < -0.39 is 0 Å². The highest BCUT2D eigenvalue weighted by Gasteiger charge is 2.06. The van der Waals surface area contributed by atoms with Crippen LogP contribution in [0.4, 0.5) is 4.39 Å². The number of nitrogens with one attached hydrogen (secondary N) is 1. The van der Waals surface area contributed by atoms with E-state index in [0.29, 0.717) is 17.3 Å². The molecule has 0 atom stereocenters. The average Bonchev–Trinajstić information content (AvgIpc) is 2.47. The second-order valence-electron chi connectivity index (χ2n) is 4.63. The lowest BCUT2D eigenvalue weighted by molar-refractivity contribution is -0.123. The van der Waals surface area contributed by atoms with Crippen molar-refractivity contribution in [1.82, 2.24) is 5.32 Å². The molecule has 0 aliphatic rings. The Morgan fingerprint density at radius 1 is 1.24 bits per heavy atom. The molecule has 0 saturated carbocycles. The van der Waals surface area contributed by atoms with Crippen LogP contribution in [-0.2, 0) is 11.3 Å². The van der Waals surface area contributed by atoms with E-state index in [1.165, 1.54) is 12.1 Å². The minimum absolute atomic E-state index is 0.121. The van der Waals surface area contributed by atoms with Crippen molar-refractivity contribution in [1.29, 1.82) is 0 Å². The van der Waals surface area contributed by atoms with Gasteiger partial charge in [0, 0.05) is 6.54 Å². The second kappa shape index (κ2) is 7.09. The van der Waals surface area contributed by atoms with Crippen LogP contribution >= 0.6 is 11.6 Å². The van der Waals surface area contributed by atoms with Crippen molar-refractivity contribution in [2.75, 3.05) is 6.61 Å². The molecule has 2 aromatic rings. The molecule has 3 nitrogen and oxygen atoms in total. The maximum absolute atomic E-state index is 12.7. The minimum atomic E-state index is -0.303. The Labute approximate surface area is 127 Å². The van der Waals surface area contributed by atoms with Gasteiger partial charge in [0.1, 0.15) is 11.6 Å². The molecule has 0 aliphatic heterocycles. The molecule has 0 saturated heterocycles. The highest BCUT2D eigenvalue weighted by atomic mass is 35.5. The van der Waals surface area contributed by atoms with Crippen molar-refractivity contribution in [2.45, 2.75) is 13.5 Å². The lowest BCUT2D eigenvalue weighted by atomic mass is 10.2. The SMILES string of the molecule is Cc1ccc(Cl)c(OCC(=O)NCc2ccc(F)cc2)c1. The zero-order valence-corrected chi connectivity index (χ0v) is 12.3. The van der Waals surface area contributed by atoms with Gasteiger partial charge in [0.25, 0.3) is 5.91 Å². The molecule has 0 radical (unpaired) electrons. The van der Waals surface area contributed by atoms with Gasteiger partial charge in [0.05, 0.1) is 5.02 Å². The van der Waals surface area contributed by atoms with Gasteiger partial charge >= 0.3 is 0 Å². The molecule has 1 amide bonds. The van der Waals surface area contributed by atoms with Gasteiger partial charge in [0.2, 0.25) is 0 Å². The fourth-order valence-corrected chi connectivity index (χ4v) is 1.89. The third-order valence-electron chi connectivity index (χ3n) is 2.85. The summed E-state index contributed by atoms with van der Waals surface area (Å²) in [6, 6.07) is 11.3. The van der Waals surface area contributed by atoms with Crippen LogP contribution in [0.3, 0.4) is 0 Å². The molecule has 0 heterocycles. The number of carbonyl (C=O) groups is 1. The van der Waals surface area contributed by atoms with Crippen molar-refractivity contribution in [2.24, 2.45) is 0 Å². The standard InChI is InChI=1S/C16H15ClFNO2/c1-11-2-7-14(17)15(8-11)21-10-16(20)19-9-12-3-5-13(18)6-4-12/h2-8H,9-10H2,1H3,(H,19,20). The van der Waals surface area contributed by atoms with E-state index in [0.717, 1.165) is 11.1 Å². The van der Waals surface area contributed by atoms with Crippen LogP contribution in [-0.4, -0.2) is 12.5 Å². The molecule has 110 valence electrons. The molecule has 5 heteroatoms. The smallest absolute Gasteiger partial charge is 0.258 e. The molecule has 0 unspecified atom stereocenters. The Kier molecular flexibility index (Phi) is 5.17. The van der Waals surface area contributed by atoms with E-state index >= 15 is 0 Å². The van der Waals surface area contributed by atoms with Crippen molar-refractivity contribution < 1.29 is 13.9 Å². The van der Waals surface area contributed by atoms with E-state index in [9.17, 15) is 9.18 Å². The number of amides is 1. The molecule has 0 bridgehead atoms. The highest BCUT2D eigenvalue weighted by molar-refractivity contribution is 6.32. The molecular formula is C16H15ClFNO2. The summed E-state index contributed by atoms with van der Waals surface area (Å²) in [5.74, 6) is -0.0898.